The summed E-state index contributed by atoms with van der Waals surface area (Å²) in [7, 11) is 0. The molecule has 5 aliphatic rings. The number of Topliss-reactive ketones (excluding diaryl/α,β-unsaturated/α-hetero) is 1. The lowest BCUT2D eigenvalue weighted by molar-refractivity contribution is -0.204. The van der Waals surface area contributed by atoms with Crippen LogP contribution in [0.5, 0.6) is 0 Å². The monoisotopic (exact) mass is 442 g/mol. The van der Waals surface area contributed by atoms with Crippen LogP contribution in [0.15, 0.2) is 18.2 Å². The fourth-order valence-corrected chi connectivity index (χ4v) is 7.49. The maximum atomic E-state index is 13.7. The van der Waals surface area contributed by atoms with Crippen molar-refractivity contribution < 1.29 is 31.9 Å². The van der Waals surface area contributed by atoms with Crippen molar-refractivity contribution in [3.05, 3.63) is 35.1 Å². The first-order valence-corrected chi connectivity index (χ1v) is 11.2. The standard InChI is InChI=1S/C22H22F4O3S/c1-20(14-5-11-4-12(7-14)8-15(20)6-11)29-19(28)21(30-22(24,25)26)10-13-2-3-16(23)9-17(13)18(21)27/h2-3,9,11-12,14-15H,4-8,10H2,1H3. The van der Waals surface area contributed by atoms with Crippen molar-refractivity contribution in [1.29, 1.82) is 0 Å². The van der Waals surface area contributed by atoms with Crippen molar-refractivity contribution in [3.63, 3.8) is 0 Å². The first-order chi connectivity index (χ1) is 14.0. The Morgan fingerprint density at radius 2 is 1.70 bits per heavy atom. The number of halogens is 4. The summed E-state index contributed by atoms with van der Waals surface area (Å²) in [6.07, 6.45) is 4.39. The van der Waals surface area contributed by atoms with Crippen LogP contribution in [0.3, 0.4) is 0 Å². The molecule has 5 aliphatic carbocycles. The largest absolute Gasteiger partial charge is 0.457 e. The van der Waals surface area contributed by atoms with Gasteiger partial charge in [0.1, 0.15) is 11.4 Å². The third-order valence-electron chi connectivity index (χ3n) is 7.81. The van der Waals surface area contributed by atoms with Gasteiger partial charge in [0.2, 0.25) is 0 Å². The maximum absolute atomic E-state index is 13.7. The van der Waals surface area contributed by atoms with Gasteiger partial charge in [0.25, 0.3) is 0 Å². The molecule has 1 unspecified atom stereocenters. The minimum Gasteiger partial charge on any atom is -0.457 e. The van der Waals surface area contributed by atoms with E-state index in [0.29, 0.717) is 11.8 Å². The summed E-state index contributed by atoms with van der Waals surface area (Å²) in [4.78, 5) is 26.4. The van der Waals surface area contributed by atoms with Gasteiger partial charge >= 0.3 is 11.5 Å². The third-order valence-corrected chi connectivity index (χ3v) is 8.89. The van der Waals surface area contributed by atoms with Gasteiger partial charge < -0.3 is 4.74 Å². The molecule has 4 bridgehead atoms. The summed E-state index contributed by atoms with van der Waals surface area (Å²) >= 11 is -0.631. The van der Waals surface area contributed by atoms with Crippen LogP contribution in [0.4, 0.5) is 17.6 Å². The van der Waals surface area contributed by atoms with Gasteiger partial charge in [-0.15, -0.1) is 0 Å². The average molecular weight is 442 g/mol. The van der Waals surface area contributed by atoms with Crippen LogP contribution in [0.1, 0.15) is 54.9 Å². The molecule has 1 aromatic rings. The molecule has 6 rings (SSSR count). The van der Waals surface area contributed by atoms with E-state index in [2.05, 4.69) is 0 Å². The van der Waals surface area contributed by atoms with Gasteiger partial charge in [-0.05, 0) is 92.2 Å². The topological polar surface area (TPSA) is 43.4 Å². The second-order valence-corrected chi connectivity index (χ2v) is 10.9. The lowest BCUT2D eigenvalue weighted by atomic mass is 9.50. The number of esters is 1. The highest BCUT2D eigenvalue weighted by Crippen LogP contribution is 2.60. The van der Waals surface area contributed by atoms with Gasteiger partial charge in [-0.25, -0.2) is 4.39 Å². The fraction of sp³-hybridized carbons (Fsp3) is 0.636. The fourth-order valence-electron chi connectivity index (χ4n) is 6.54. The zero-order chi connectivity index (χ0) is 21.5. The molecule has 0 N–H and O–H groups in total. The zero-order valence-electron chi connectivity index (χ0n) is 16.4. The molecule has 0 saturated heterocycles. The van der Waals surface area contributed by atoms with E-state index in [0.717, 1.165) is 37.8 Å². The highest BCUT2D eigenvalue weighted by molar-refractivity contribution is 8.03. The van der Waals surface area contributed by atoms with Crippen LogP contribution in [0.25, 0.3) is 0 Å². The minimum absolute atomic E-state index is 0.113. The molecule has 8 heteroatoms. The molecule has 0 aromatic heterocycles. The molecular formula is C22H22F4O3S. The van der Waals surface area contributed by atoms with Crippen molar-refractivity contribution in [2.45, 2.75) is 61.3 Å². The van der Waals surface area contributed by atoms with E-state index in [4.69, 9.17) is 4.74 Å². The number of hydrogen-bond acceptors (Lipinski definition) is 4. The molecule has 4 fully saturated rings. The predicted molar refractivity (Wildman–Crippen MR) is 102 cm³/mol. The van der Waals surface area contributed by atoms with Crippen molar-refractivity contribution >= 4 is 23.5 Å². The maximum Gasteiger partial charge on any atom is 0.443 e. The van der Waals surface area contributed by atoms with Crippen molar-refractivity contribution in [2.24, 2.45) is 23.7 Å². The number of carbonyl (C=O) groups is 2. The first-order valence-electron chi connectivity index (χ1n) is 10.3. The number of ketones is 1. The Labute approximate surface area is 175 Å². The SMILES string of the molecule is CC1(OC(=O)C2(SC(F)(F)F)Cc3ccc(F)cc3C2=O)C2CC3CC(C2)CC1C3. The Hall–Kier alpha value is -1.57. The number of hydrogen-bond donors (Lipinski definition) is 0. The predicted octanol–water partition coefficient (Wildman–Crippen LogP) is 5.31. The molecule has 1 atom stereocenters. The average Bonchev–Trinajstić information content (AvgIpc) is 2.91. The van der Waals surface area contributed by atoms with E-state index < -0.39 is 51.6 Å². The number of carbonyl (C=O) groups excluding carboxylic acids is 2. The summed E-state index contributed by atoms with van der Waals surface area (Å²) in [5, 5.41) is 0. The normalized spacial score (nSPS) is 39.3. The number of benzene rings is 1. The van der Waals surface area contributed by atoms with Gasteiger partial charge in [0.05, 0.1) is 0 Å². The van der Waals surface area contributed by atoms with E-state index in [1.807, 2.05) is 6.92 Å². The number of rotatable bonds is 3. The minimum atomic E-state index is -4.82. The highest BCUT2D eigenvalue weighted by atomic mass is 32.2. The van der Waals surface area contributed by atoms with Gasteiger partial charge in [0, 0.05) is 12.0 Å². The molecule has 162 valence electrons. The Kier molecular flexibility index (Phi) is 4.38. The Balaban J connectivity index is 1.49. The van der Waals surface area contributed by atoms with Crippen molar-refractivity contribution in [3.8, 4) is 0 Å². The van der Waals surface area contributed by atoms with E-state index in [-0.39, 0.29) is 23.0 Å². The number of ether oxygens (including phenoxy) is 1. The smallest absolute Gasteiger partial charge is 0.443 e. The van der Waals surface area contributed by atoms with Crippen LogP contribution < -0.4 is 0 Å². The molecule has 3 nitrogen and oxygen atoms in total. The second kappa shape index (κ2) is 6.47. The van der Waals surface area contributed by atoms with Gasteiger partial charge in [0.15, 0.2) is 10.5 Å². The van der Waals surface area contributed by atoms with Crippen molar-refractivity contribution in [1.82, 2.24) is 0 Å². The molecule has 0 spiro atoms. The molecule has 0 aliphatic heterocycles. The molecule has 1 aromatic carbocycles. The van der Waals surface area contributed by atoms with E-state index in [1.165, 1.54) is 12.5 Å². The molecule has 0 heterocycles. The molecule has 30 heavy (non-hydrogen) atoms. The van der Waals surface area contributed by atoms with Crippen molar-refractivity contribution in [2.75, 3.05) is 0 Å². The van der Waals surface area contributed by atoms with E-state index in [9.17, 15) is 27.2 Å². The quantitative estimate of drug-likeness (QED) is 0.361. The number of fused-ring (bicyclic) bond motifs is 1. The van der Waals surface area contributed by atoms with Crippen LogP contribution >= 0.6 is 11.8 Å². The summed E-state index contributed by atoms with van der Waals surface area (Å²) in [5.74, 6) is -1.46. The van der Waals surface area contributed by atoms with Crippen LogP contribution in [-0.2, 0) is 16.0 Å². The molecule has 0 radical (unpaired) electrons. The third kappa shape index (κ3) is 3.00. The summed E-state index contributed by atoms with van der Waals surface area (Å²) in [6.45, 7) is 1.83. The summed E-state index contributed by atoms with van der Waals surface area (Å²) in [6, 6.07) is 3.28. The second-order valence-electron chi connectivity index (χ2n) is 9.56. The summed E-state index contributed by atoms with van der Waals surface area (Å²) in [5.41, 5.74) is -5.60. The van der Waals surface area contributed by atoms with E-state index in [1.54, 1.807) is 0 Å². The lowest BCUT2D eigenvalue weighted by Gasteiger charge is -2.59. The van der Waals surface area contributed by atoms with Crippen LogP contribution in [0, 0.1) is 29.5 Å². The lowest BCUT2D eigenvalue weighted by Crippen LogP contribution is -2.60. The number of thioether (sulfide) groups is 1. The Morgan fingerprint density at radius 3 is 2.27 bits per heavy atom. The first kappa shape index (κ1) is 20.3. The van der Waals surface area contributed by atoms with Crippen LogP contribution in [-0.4, -0.2) is 27.6 Å². The van der Waals surface area contributed by atoms with Gasteiger partial charge in [-0.3, -0.25) is 9.59 Å². The molecular weight excluding hydrogens is 420 g/mol. The van der Waals surface area contributed by atoms with Gasteiger partial charge in [-0.1, -0.05) is 6.07 Å². The zero-order valence-corrected chi connectivity index (χ0v) is 17.2. The highest BCUT2D eigenvalue weighted by Gasteiger charge is 2.63. The molecule has 0 amide bonds. The van der Waals surface area contributed by atoms with Gasteiger partial charge in [-0.2, -0.15) is 13.2 Å². The summed E-state index contributed by atoms with van der Waals surface area (Å²) < 4.78 is 57.5. The Morgan fingerprint density at radius 1 is 1.10 bits per heavy atom. The molecule has 4 saturated carbocycles. The number of alkyl halides is 3. The Bertz CT molecular complexity index is 899. The van der Waals surface area contributed by atoms with E-state index >= 15 is 0 Å². The van der Waals surface area contributed by atoms with Crippen LogP contribution in [0.2, 0.25) is 0 Å².